The largest absolute Gasteiger partial charge is 0.497 e. The van der Waals surface area contributed by atoms with Crippen molar-refractivity contribution in [2.75, 3.05) is 38.8 Å². The molecule has 184 valence electrons. The molecule has 0 radical (unpaired) electrons. The highest BCUT2D eigenvalue weighted by Crippen LogP contribution is 2.31. The molecule has 0 bridgehead atoms. The van der Waals surface area contributed by atoms with Crippen LogP contribution in [0.3, 0.4) is 0 Å². The second kappa shape index (κ2) is 9.16. The van der Waals surface area contributed by atoms with Gasteiger partial charge in [-0.15, -0.1) is 10.2 Å². The number of ether oxygens (including phenoxy) is 2. The van der Waals surface area contributed by atoms with E-state index in [0.717, 1.165) is 65.7 Å². The molecule has 4 heterocycles. The fraction of sp³-hybridized carbons (Fsp3) is 0.296. The molecule has 2 aromatic carbocycles. The molecule has 6 rings (SSSR count). The monoisotopic (exact) mass is 484 g/mol. The second-order valence-electron chi connectivity index (χ2n) is 9.03. The van der Waals surface area contributed by atoms with Crippen molar-refractivity contribution in [3.8, 4) is 23.1 Å². The molecule has 0 spiro atoms. The Morgan fingerprint density at radius 2 is 1.89 bits per heavy atom. The number of para-hydroxylation sites is 1. The number of benzene rings is 2. The van der Waals surface area contributed by atoms with Crippen molar-refractivity contribution in [2.45, 2.75) is 19.5 Å². The van der Waals surface area contributed by atoms with E-state index in [1.165, 1.54) is 0 Å². The second-order valence-corrected chi connectivity index (χ2v) is 9.03. The molecule has 1 aliphatic heterocycles. The molecule has 0 N–H and O–H groups in total. The topological polar surface area (TPSA) is 81.2 Å². The van der Waals surface area contributed by atoms with E-state index in [4.69, 9.17) is 18.9 Å². The van der Waals surface area contributed by atoms with Crippen LogP contribution in [-0.4, -0.2) is 64.4 Å². The molecule has 5 aromatic rings. The zero-order valence-electron chi connectivity index (χ0n) is 20.6. The quantitative estimate of drug-likeness (QED) is 0.354. The molecule has 9 heteroatoms. The van der Waals surface area contributed by atoms with E-state index < -0.39 is 0 Å². The minimum atomic E-state index is 0.289. The summed E-state index contributed by atoms with van der Waals surface area (Å²) in [6.45, 7) is 5.56. The third-order valence-corrected chi connectivity index (χ3v) is 6.89. The highest BCUT2D eigenvalue weighted by molar-refractivity contribution is 5.93. The molecule has 0 amide bonds. The maximum atomic E-state index is 5.68. The van der Waals surface area contributed by atoms with Crippen molar-refractivity contribution in [3.05, 3.63) is 66.4 Å². The lowest BCUT2D eigenvalue weighted by atomic mass is 10.1. The van der Waals surface area contributed by atoms with Gasteiger partial charge >= 0.3 is 0 Å². The summed E-state index contributed by atoms with van der Waals surface area (Å²) in [4.78, 5) is 9.87. The lowest BCUT2D eigenvalue weighted by Gasteiger charge is -2.40. The van der Waals surface area contributed by atoms with Crippen LogP contribution in [0.4, 0.5) is 5.95 Å². The van der Waals surface area contributed by atoms with Crippen LogP contribution in [0.5, 0.6) is 11.5 Å². The van der Waals surface area contributed by atoms with E-state index in [9.17, 15) is 0 Å². The summed E-state index contributed by atoms with van der Waals surface area (Å²) in [6, 6.07) is 18.1. The van der Waals surface area contributed by atoms with Crippen molar-refractivity contribution >= 4 is 22.5 Å². The number of rotatable bonds is 6. The number of methoxy groups -OCH3 is 2. The van der Waals surface area contributed by atoms with E-state index in [-0.39, 0.29) is 6.04 Å². The smallest absolute Gasteiger partial charge is 0.213 e. The van der Waals surface area contributed by atoms with Gasteiger partial charge in [0.05, 0.1) is 26.0 Å². The van der Waals surface area contributed by atoms with E-state index in [1.54, 1.807) is 20.5 Å². The van der Waals surface area contributed by atoms with Crippen LogP contribution in [0.2, 0.25) is 0 Å². The number of hydrogen-bond acceptors (Lipinski definition) is 8. The zero-order chi connectivity index (χ0) is 24.6. The van der Waals surface area contributed by atoms with Crippen LogP contribution in [0.15, 0.2) is 65.3 Å². The Labute approximate surface area is 208 Å². The van der Waals surface area contributed by atoms with Crippen molar-refractivity contribution in [3.63, 3.8) is 0 Å². The Hall–Kier alpha value is -4.11. The third-order valence-electron chi connectivity index (χ3n) is 6.89. The van der Waals surface area contributed by atoms with Crippen molar-refractivity contribution in [1.82, 2.24) is 24.5 Å². The predicted molar refractivity (Wildman–Crippen MR) is 138 cm³/mol. The third kappa shape index (κ3) is 3.81. The molecule has 0 saturated carbocycles. The van der Waals surface area contributed by atoms with Gasteiger partial charge in [0, 0.05) is 49.2 Å². The summed E-state index contributed by atoms with van der Waals surface area (Å²) >= 11 is 0. The standard InChI is InChI=1S/C27H28N6O3/c1-18-16-32(13-12-31(18)17-19-10-11-20(34-2)15-24(19)35-3)27-28-22-8-5-4-7-21(22)25-29-30-26(33(25)27)23-9-6-14-36-23/h4-11,14-15,18H,12-13,16-17H2,1-3H3/t18-/m0/s1. The first kappa shape index (κ1) is 22.4. The number of piperazine rings is 1. The Bertz CT molecular complexity index is 1510. The molecule has 1 saturated heterocycles. The van der Waals surface area contributed by atoms with Gasteiger partial charge in [0.2, 0.25) is 11.8 Å². The Balaban J connectivity index is 1.33. The summed E-state index contributed by atoms with van der Waals surface area (Å²) in [5.41, 5.74) is 2.82. The highest BCUT2D eigenvalue weighted by atomic mass is 16.5. The van der Waals surface area contributed by atoms with Gasteiger partial charge in [-0.05, 0) is 37.3 Å². The number of furan rings is 1. The van der Waals surface area contributed by atoms with Gasteiger partial charge in [-0.2, -0.15) is 0 Å². The van der Waals surface area contributed by atoms with E-state index >= 15 is 0 Å². The van der Waals surface area contributed by atoms with Crippen LogP contribution in [0.1, 0.15) is 12.5 Å². The van der Waals surface area contributed by atoms with Crippen molar-refractivity contribution in [2.24, 2.45) is 0 Å². The Morgan fingerprint density at radius 1 is 1.00 bits per heavy atom. The molecule has 0 aliphatic carbocycles. The van der Waals surface area contributed by atoms with Crippen LogP contribution in [0.25, 0.3) is 28.1 Å². The van der Waals surface area contributed by atoms with Gasteiger partial charge in [-0.3, -0.25) is 4.90 Å². The summed E-state index contributed by atoms with van der Waals surface area (Å²) in [5.74, 6) is 3.78. The first-order valence-electron chi connectivity index (χ1n) is 12.0. The summed E-state index contributed by atoms with van der Waals surface area (Å²) in [5, 5.41) is 9.98. The predicted octanol–water partition coefficient (Wildman–Crippen LogP) is 4.27. The molecular formula is C27H28N6O3. The maximum Gasteiger partial charge on any atom is 0.213 e. The van der Waals surface area contributed by atoms with Crippen LogP contribution < -0.4 is 14.4 Å². The van der Waals surface area contributed by atoms with E-state index in [2.05, 4.69) is 33.0 Å². The molecule has 1 aliphatic rings. The first-order valence-corrected chi connectivity index (χ1v) is 12.0. The number of nitrogens with zero attached hydrogens (tertiary/aromatic N) is 6. The van der Waals surface area contributed by atoms with Gasteiger partial charge in [-0.25, -0.2) is 9.38 Å². The zero-order valence-corrected chi connectivity index (χ0v) is 20.6. The molecule has 1 atom stereocenters. The van der Waals surface area contributed by atoms with E-state index in [0.29, 0.717) is 11.6 Å². The normalized spacial score (nSPS) is 16.6. The van der Waals surface area contributed by atoms with Crippen molar-refractivity contribution < 1.29 is 13.9 Å². The van der Waals surface area contributed by atoms with Crippen LogP contribution in [-0.2, 0) is 6.54 Å². The Kier molecular flexibility index (Phi) is 5.69. The molecule has 9 nitrogen and oxygen atoms in total. The Morgan fingerprint density at radius 3 is 2.67 bits per heavy atom. The van der Waals surface area contributed by atoms with Crippen LogP contribution in [0, 0.1) is 0 Å². The van der Waals surface area contributed by atoms with Crippen LogP contribution >= 0.6 is 0 Å². The molecule has 3 aromatic heterocycles. The lowest BCUT2D eigenvalue weighted by molar-refractivity contribution is 0.178. The van der Waals surface area contributed by atoms with E-state index in [1.807, 2.05) is 52.9 Å². The number of fused-ring (bicyclic) bond motifs is 3. The minimum absolute atomic E-state index is 0.289. The van der Waals surface area contributed by atoms with Gasteiger partial charge in [-0.1, -0.05) is 18.2 Å². The number of anilines is 1. The fourth-order valence-corrected chi connectivity index (χ4v) is 4.96. The van der Waals surface area contributed by atoms with Crippen molar-refractivity contribution in [1.29, 1.82) is 0 Å². The number of aromatic nitrogens is 4. The highest BCUT2D eigenvalue weighted by Gasteiger charge is 2.29. The molecule has 0 unspecified atom stereocenters. The van der Waals surface area contributed by atoms with Gasteiger partial charge in [0.1, 0.15) is 11.5 Å². The summed E-state index contributed by atoms with van der Waals surface area (Å²) < 4.78 is 18.7. The van der Waals surface area contributed by atoms with Gasteiger partial charge < -0.3 is 18.8 Å². The number of hydrogen-bond donors (Lipinski definition) is 0. The minimum Gasteiger partial charge on any atom is -0.497 e. The molecular weight excluding hydrogens is 456 g/mol. The average molecular weight is 485 g/mol. The van der Waals surface area contributed by atoms with Gasteiger partial charge in [0.15, 0.2) is 11.4 Å². The summed E-state index contributed by atoms with van der Waals surface area (Å²) in [7, 11) is 3.37. The lowest BCUT2D eigenvalue weighted by Crippen LogP contribution is -2.52. The SMILES string of the molecule is COc1ccc(CN2CCN(c3nc4ccccc4c4nnc(-c5ccco5)n34)C[C@@H]2C)c(OC)c1. The fourth-order valence-electron chi connectivity index (χ4n) is 4.96. The maximum absolute atomic E-state index is 5.68. The molecule has 36 heavy (non-hydrogen) atoms. The summed E-state index contributed by atoms with van der Waals surface area (Å²) in [6.07, 6.45) is 1.65. The van der Waals surface area contributed by atoms with Gasteiger partial charge in [0.25, 0.3) is 0 Å². The average Bonchev–Trinajstić information content (AvgIpc) is 3.60. The first-order chi connectivity index (χ1) is 17.7. The molecule has 1 fully saturated rings.